The van der Waals surface area contributed by atoms with Crippen LogP contribution in [0.4, 0.5) is 17.1 Å². The lowest BCUT2D eigenvalue weighted by atomic mass is 10.2. The van der Waals surface area contributed by atoms with Gasteiger partial charge in [0.15, 0.2) is 0 Å². The maximum atomic E-state index is 12.5. The molecule has 174 valence electrons. The highest BCUT2D eigenvalue weighted by Crippen LogP contribution is 2.17. The lowest BCUT2D eigenvalue weighted by Gasteiger charge is -2.09. The molecule has 0 bridgehead atoms. The molecule has 0 aliphatic carbocycles. The molecule has 3 aromatic carbocycles. The maximum absolute atomic E-state index is 12.5. The van der Waals surface area contributed by atoms with Gasteiger partial charge in [-0.15, -0.1) is 11.3 Å². The van der Waals surface area contributed by atoms with Gasteiger partial charge >= 0.3 is 0 Å². The minimum absolute atomic E-state index is 0.0987. The van der Waals surface area contributed by atoms with E-state index in [1.165, 1.54) is 0 Å². The number of carbonyl (C=O) groups excluding carboxylic acids is 2. The van der Waals surface area contributed by atoms with Crippen molar-refractivity contribution in [3.8, 4) is 17.6 Å². The lowest BCUT2D eigenvalue weighted by molar-refractivity contribution is -0.114. The molecule has 6 nitrogen and oxygen atoms in total. The number of carbonyl (C=O) groups is 2. The highest BCUT2D eigenvalue weighted by atomic mass is 32.1. The number of hydrogen-bond acceptors (Lipinski definition) is 5. The predicted molar refractivity (Wildman–Crippen MR) is 141 cm³/mol. The zero-order valence-electron chi connectivity index (χ0n) is 19.0. The molecule has 2 amide bonds. The summed E-state index contributed by atoms with van der Waals surface area (Å²) in [5.41, 5.74) is 3.43. The monoisotopic (exact) mass is 481 g/mol. The molecule has 0 aliphatic heterocycles. The minimum Gasteiger partial charge on any atom is -0.497 e. The van der Waals surface area contributed by atoms with E-state index in [4.69, 9.17) is 4.74 Å². The lowest BCUT2D eigenvalue weighted by Crippen LogP contribution is -2.21. The van der Waals surface area contributed by atoms with E-state index in [1.807, 2.05) is 41.8 Å². The SMILES string of the molecule is COc1ccc(NC(=O)c2ccc(NC(=O)CNc3cccc(C#Cc4cccs4)c3)cc2)cc1. The molecule has 0 aliphatic rings. The predicted octanol–water partition coefficient (Wildman–Crippen LogP) is 5.46. The van der Waals surface area contributed by atoms with Crippen LogP contribution in [-0.4, -0.2) is 25.5 Å². The summed E-state index contributed by atoms with van der Waals surface area (Å²) in [5.74, 6) is 6.53. The summed E-state index contributed by atoms with van der Waals surface area (Å²) in [5, 5.41) is 10.8. The quantitative estimate of drug-likeness (QED) is 0.306. The van der Waals surface area contributed by atoms with E-state index in [0.717, 1.165) is 16.1 Å². The van der Waals surface area contributed by atoms with Crippen molar-refractivity contribution < 1.29 is 14.3 Å². The van der Waals surface area contributed by atoms with Crippen molar-refractivity contribution >= 4 is 40.2 Å². The van der Waals surface area contributed by atoms with Gasteiger partial charge in [-0.1, -0.05) is 24.0 Å². The van der Waals surface area contributed by atoms with Gasteiger partial charge in [-0.05, 0) is 78.2 Å². The summed E-state index contributed by atoms with van der Waals surface area (Å²) in [6.45, 7) is 0.0987. The van der Waals surface area contributed by atoms with Crippen LogP contribution in [0.3, 0.4) is 0 Å². The standard InChI is InChI=1S/C28H23N3O3S/c1-34-25-14-12-23(13-15-25)31-28(33)21-8-10-22(11-9-21)30-27(32)19-29-24-5-2-4-20(18-24)7-16-26-6-3-17-35-26/h2-6,8-15,17-18,29H,19H2,1H3,(H,30,32)(H,31,33). The molecule has 0 spiro atoms. The second-order valence-corrected chi connectivity index (χ2v) is 8.42. The summed E-state index contributed by atoms with van der Waals surface area (Å²) >= 11 is 1.60. The number of thiophene rings is 1. The molecular weight excluding hydrogens is 458 g/mol. The molecule has 0 saturated carbocycles. The van der Waals surface area contributed by atoms with Crippen LogP contribution in [0.15, 0.2) is 90.3 Å². The van der Waals surface area contributed by atoms with Crippen LogP contribution in [0.2, 0.25) is 0 Å². The Labute approximate surface area is 208 Å². The van der Waals surface area contributed by atoms with Crippen molar-refractivity contribution in [3.05, 3.63) is 106 Å². The number of ether oxygens (including phenoxy) is 1. The fraction of sp³-hybridized carbons (Fsp3) is 0.0714. The van der Waals surface area contributed by atoms with Crippen LogP contribution < -0.4 is 20.7 Å². The second-order valence-electron chi connectivity index (χ2n) is 7.47. The molecular formula is C28H23N3O3S. The molecule has 4 aromatic rings. The van der Waals surface area contributed by atoms with Crippen molar-refractivity contribution in [2.45, 2.75) is 0 Å². The second kappa shape index (κ2) is 11.5. The van der Waals surface area contributed by atoms with Crippen LogP contribution in [-0.2, 0) is 4.79 Å². The van der Waals surface area contributed by atoms with E-state index in [0.29, 0.717) is 22.7 Å². The number of rotatable bonds is 7. The van der Waals surface area contributed by atoms with E-state index in [2.05, 4.69) is 27.8 Å². The first-order valence-corrected chi connectivity index (χ1v) is 11.7. The van der Waals surface area contributed by atoms with Crippen molar-refractivity contribution in [1.82, 2.24) is 0 Å². The van der Waals surface area contributed by atoms with Crippen LogP contribution in [0.5, 0.6) is 5.75 Å². The molecule has 0 saturated heterocycles. The average molecular weight is 482 g/mol. The number of amides is 2. The van der Waals surface area contributed by atoms with Crippen LogP contribution in [0, 0.1) is 11.8 Å². The number of hydrogen-bond donors (Lipinski definition) is 3. The highest BCUT2D eigenvalue weighted by Gasteiger charge is 2.08. The van der Waals surface area contributed by atoms with Gasteiger partial charge in [0, 0.05) is 28.2 Å². The first-order valence-electron chi connectivity index (χ1n) is 10.8. The van der Waals surface area contributed by atoms with Gasteiger partial charge in [-0.2, -0.15) is 0 Å². The summed E-state index contributed by atoms with van der Waals surface area (Å²) < 4.78 is 5.12. The zero-order chi connectivity index (χ0) is 24.5. The molecule has 1 heterocycles. The van der Waals surface area contributed by atoms with E-state index in [1.54, 1.807) is 67.0 Å². The van der Waals surface area contributed by atoms with Gasteiger partial charge < -0.3 is 20.7 Å². The highest BCUT2D eigenvalue weighted by molar-refractivity contribution is 7.10. The Morgan fingerprint density at radius 2 is 1.57 bits per heavy atom. The summed E-state index contributed by atoms with van der Waals surface area (Å²) in [6.07, 6.45) is 0. The molecule has 7 heteroatoms. The van der Waals surface area contributed by atoms with E-state index in [9.17, 15) is 9.59 Å². The number of benzene rings is 3. The van der Waals surface area contributed by atoms with Crippen molar-refractivity contribution in [1.29, 1.82) is 0 Å². The van der Waals surface area contributed by atoms with Gasteiger partial charge in [0.2, 0.25) is 5.91 Å². The Morgan fingerprint density at radius 1 is 0.829 bits per heavy atom. The zero-order valence-corrected chi connectivity index (χ0v) is 19.8. The van der Waals surface area contributed by atoms with Crippen LogP contribution in [0.25, 0.3) is 0 Å². The van der Waals surface area contributed by atoms with E-state index < -0.39 is 0 Å². The average Bonchev–Trinajstić information content (AvgIpc) is 3.41. The molecule has 0 radical (unpaired) electrons. The van der Waals surface area contributed by atoms with Crippen LogP contribution in [0.1, 0.15) is 20.8 Å². The largest absolute Gasteiger partial charge is 0.497 e. The third-order valence-electron chi connectivity index (χ3n) is 4.95. The Bertz CT molecular complexity index is 1350. The van der Waals surface area contributed by atoms with Gasteiger partial charge in [-0.25, -0.2) is 0 Å². The Morgan fingerprint density at radius 3 is 2.29 bits per heavy atom. The van der Waals surface area contributed by atoms with Crippen LogP contribution >= 0.6 is 11.3 Å². The first kappa shape index (κ1) is 23.6. The van der Waals surface area contributed by atoms with Gasteiger partial charge in [0.05, 0.1) is 18.5 Å². The molecule has 0 atom stereocenters. The Hall–Kier alpha value is -4.54. The maximum Gasteiger partial charge on any atom is 0.255 e. The van der Waals surface area contributed by atoms with Gasteiger partial charge in [-0.3, -0.25) is 9.59 Å². The Balaban J connectivity index is 1.27. The van der Waals surface area contributed by atoms with Gasteiger partial charge in [0.25, 0.3) is 5.91 Å². The summed E-state index contributed by atoms with van der Waals surface area (Å²) in [6, 6.07) is 25.4. The first-order chi connectivity index (χ1) is 17.1. The molecule has 0 unspecified atom stereocenters. The van der Waals surface area contributed by atoms with Gasteiger partial charge in [0.1, 0.15) is 5.75 Å². The number of nitrogens with one attached hydrogen (secondary N) is 3. The molecule has 4 rings (SSSR count). The van der Waals surface area contributed by atoms with E-state index >= 15 is 0 Å². The minimum atomic E-state index is -0.239. The molecule has 3 N–H and O–H groups in total. The fourth-order valence-electron chi connectivity index (χ4n) is 3.16. The normalized spacial score (nSPS) is 9.97. The number of methoxy groups -OCH3 is 1. The molecule has 1 aromatic heterocycles. The molecule has 0 fully saturated rings. The van der Waals surface area contributed by atoms with Crippen molar-refractivity contribution in [3.63, 3.8) is 0 Å². The third kappa shape index (κ3) is 6.97. The fourth-order valence-corrected chi connectivity index (χ4v) is 3.73. The summed E-state index contributed by atoms with van der Waals surface area (Å²) in [7, 11) is 1.59. The smallest absolute Gasteiger partial charge is 0.255 e. The number of anilines is 3. The third-order valence-corrected chi connectivity index (χ3v) is 5.73. The topological polar surface area (TPSA) is 79.5 Å². The van der Waals surface area contributed by atoms with Crippen molar-refractivity contribution in [2.24, 2.45) is 0 Å². The van der Waals surface area contributed by atoms with E-state index in [-0.39, 0.29) is 18.4 Å². The van der Waals surface area contributed by atoms with Crippen molar-refractivity contribution in [2.75, 3.05) is 29.6 Å². The molecule has 35 heavy (non-hydrogen) atoms. The summed E-state index contributed by atoms with van der Waals surface area (Å²) in [4.78, 5) is 25.8. The Kier molecular flexibility index (Phi) is 7.79.